The first-order chi connectivity index (χ1) is 11.3. The maximum atomic E-state index is 11.8. The number of pyridine rings is 1. The maximum Gasteiger partial charge on any atom is 0.306 e. The molecule has 0 atom stereocenters. The van der Waals surface area contributed by atoms with Crippen molar-refractivity contribution in [3.63, 3.8) is 0 Å². The minimum Gasteiger partial charge on any atom is -0.461 e. The number of carbonyl (C=O) groups excluding carboxylic acids is 1. The Morgan fingerprint density at radius 2 is 1.70 bits per heavy atom. The van der Waals surface area contributed by atoms with Crippen LogP contribution in [0.25, 0.3) is 10.9 Å². The topological polar surface area (TPSA) is 39.2 Å². The molecule has 0 spiro atoms. The predicted molar refractivity (Wildman–Crippen MR) is 90.9 cm³/mol. The molecule has 0 aliphatic rings. The Kier molecular flexibility index (Phi) is 4.99. The monoisotopic (exact) mass is 305 g/mol. The Morgan fingerprint density at radius 3 is 2.57 bits per heavy atom. The van der Waals surface area contributed by atoms with Gasteiger partial charge in [0.2, 0.25) is 0 Å². The van der Waals surface area contributed by atoms with Crippen LogP contribution in [0, 0.1) is 0 Å². The van der Waals surface area contributed by atoms with E-state index in [1.54, 1.807) is 0 Å². The molecular weight excluding hydrogens is 286 g/mol. The van der Waals surface area contributed by atoms with Crippen molar-refractivity contribution < 1.29 is 9.53 Å². The van der Waals surface area contributed by atoms with Crippen molar-refractivity contribution in [2.75, 3.05) is 0 Å². The molecule has 1 heterocycles. The molecule has 23 heavy (non-hydrogen) atoms. The zero-order valence-electron chi connectivity index (χ0n) is 12.9. The third-order valence-electron chi connectivity index (χ3n) is 3.71. The van der Waals surface area contributed by atoms with Crippen LogP contribution in [0.3, 0.4) is 0 Å². The minimum absolute atomic E-state index is 0.158. The van der Waals surface area contributed by atoms with E-state index in [0.717, 1.165) is 35.0 Å². The van der Waals surface area contributed by atoms with Crippen molar-refractivity contribution in [1.82, 2.24) is 4.98 Å². The summed E-state index contributed by atoms with van der Waals surface area (Å²) < 4.78 is 5.28. The number of aromatic nitrogens is 1. The number of benzene rings is 2. The predicted octanol–water partition coefficient (Wildman–Crippen LogP) is 4.30. The summed E-state index contributed by atoms with van der Waals surface area (Å²) in [5, 5.41) is 1.14. The highest BCUT2D eigenvalue weighted by molar-refractivity contribution is 5.78. The first-order valence-corrected chi connectivity index (χ1v) is 7.85. The Hall–Kier alpha value is -2.68. The summed E-state index contributed by atoms with van der Waals surface area (Å²) in [6.07, 6.45) is 1.95. The number of ether oxygens (including phenoxy) is 1. The molecule has 0 saturated heterocycles. The zero-order valence-corrected chi connectivity index (χ0v) is 12.9. The van der Waals surface area contributed by atoms with Crippen LogP contribution in [0.1, 0.15) is 24.1 Å². The van der Waals surface area contributed by atoms with Gasteiger partial charge in [0, 0.05) is 17.5 Å². The Balaban J connectivity index is 1.45. The van der Waals surface area contributed by atoms with Crippen molar-refractivity contribution >= 4 is 16.9 Å². The van der Waals surface area contributed by atoms with E-state index in [1.165, 1.54) is 0 Å². The molecule has 0 N–H and O–H groups in total. The van der Waals surface area contributed by atoms with E-state index >= 15 is 0 Å². The number of esters is 1. The summed E-state index contributed by atoms with van der Waals surface area (Å²) in [7, 11) is 0. The molecule has 0 unspecified atom stereocenters. The quantitative estimate of drug-likeness (QED) is 0.637. The first-order valence-electron chi connectivity index (χ1n) is 7.85. The highest BCUT2D eigenvalue weighted by atomic mass is 16.5. The average molecular weight is 305 g/mol. The maximum absolute atomic E-state index is 11.8. The van der Waals surface area contributed by atoms with Crippen molar-refractivity contribution in [3.8, 4) is 0 Å². The highest BCUT2D eigenvalue weighted by Gasteiger charge is 2.05. The van der Waals surface area contributed by atoms with Gasteiger partial charge in [-0.1, -0.05) is 54.6 Å². The summed E-state index contributed by atoms with van der Waals surface area (Å²) in [4.78, 5) is 16.4. The first kappa shape index (κ1) is 15.2. The van der Waals surface area contributed by atoms with Gasteiger partial charge >= 0.3 is 5.97 Å². The molecular formula is C20H19NO2. The SMILES string of the molecule is O=C(CCCc1ccc2ccccc2n1)OCc1ccccc1. The van der Waals surface area contributed by atoms with Crippen LogP contribution in [0.5, 0.6) is 0 Å². The number of fused-ring (bicyclic) bond motifs is 1. The van der Waals surface area contributed by atoms with Crippen LogP contribution >= 0.6 is 0 Å². The van der Waals surface area contributed by atoms with Gasteiger partial charge in [-0.05, 0) is 30.5 Å². The van der Waals surface area contributed by atoms with Crippen molar-refractivity contribution in [1.29, 1.82) is 0 Å². The third-order valence-corrected chi connectivity index (χ3v) is 3.71. The van der Waals surface area contributed by atoms with Gasteiger partial charge in [-0.2, -0.15) is 0 Å². The fourth-order valence-corrected chi connectivity index (χ4v) is 2.47. The molecule has 3 aromatic rings. The van der Waals surface area contributed by atoms with Gasteiger partial charge in [0.15, 0.2) is 0 Å². The number of para-hydroxylation sites is 1. The fourth-order valence-electron chi connectivity index (χ4n) is 2.47. The van der Waals surface area contributed by atoms with E-state index < -0.39 is 0 Å². The largest absolute Gasteiger partial charge is 0.461 e. The van der Waals surface area contributed by atoms with E-state index in [2.05, 4.69) is 11.1 Å². The minimum atomic E-state index is -0.158. The number of nitrogens with zero attached hydrogens (tertiary/aromatic N) is 1. The van der Waals surface area contributed by atoms with Gasteiger partial charge in [0.05, 0.1) is 5.52 Å². The van der Waals surface area contributed by atoms with Crippen LogP contribution in [-0.2, 0) is 22.6 Å². The van der Waals surface area contributed by atoms with Crippen LogP contribution in [0.4, 0.5) is 0 Å². The number of carbonyl (C=O) groups is 1. The summed E-state index contributed by atoms with van der Waals surface area (Å²) in [5.74, 6) is -0.158. The summed E-state index contributed by atoms with van der Waals surface area (Å²) in [6, 6.07) is 21.9. The molecule has 3 heteroatoms. The van der Waals surface area contributed by atoms with Crippen LogP contribution in [0.2, 0.25) is 0 Å². The van der Waals surface area contributed by atoms with Crippen LogP contribution < -0.4 is 0 Å². The van der Waals surface area contributed by atoms with E-state index in [1.807, 2.05) is 60.7 Å². The number of hydrogen-bond acceptors (Lipinski definition) is 3. The Morgan fingerprint density at radius 1 is 0.913 bits per heavy atom. The lowest BCUT2D eigenvalue weighted by molar-refractivity contribution is -0.145. The molecule has 0 aliphatic carbocycles. The zero-order chi connectivity index (χ0) is 15.9. The normalized spacial score (nSPS) is 10.6. The number of rotatable bonds is 6. The Bertz CT molecular complexity index is 784. The second-order valence-electron chi connectivity index (χ2n) is 5.50. The molecule has 0 aliphatic heterocycles. The van der Waals surface area contributed by atoms with Crippen molar-refractivity contribution in [2.24, 2.45) is 0 Å². The van der Waals surface area contributed by atoms with E-state index in [4.69, 9.17) is 4.74 Å². The van der Waals surface area contributed by atoms with Crippen LogP contribution in [0.15, 0.2) is 66.7 Å². The van der Waals surface area contributed by atoms with Gasteiger partial charge in [-0.25, -0.2) is 0 Å². The summed E-state index contributed by atoms with van der Waals surface area (Å²) in [6.45, 7) is 0.341. The van der Waals surface area contributed by atoms with Gasteiger partial charge in [0.25, 0.3) is 0 Å². The summed E-state index contributed by atoms with van der Waals surface area (Å²) >= 11 is 0. The van der Waals surface area contributed by atoms with Crippen LogP contribution in [-0.4, -0.2) is 11.0 Å². The lowest BCUT2D eigenvalue weighted by atomic mass is 10.1. The second-order valence-corrected chi connectivity index (χ2v) is 5.50. The molecule has 3 rings (SSSR count). The molecule has 0 fully saturated rings. The van der Waals surface area contributed by atoms with Crippen molar-refractivity contribution in [2.45, 2.75) is 25.9 Å². The lowest BCUT2D eigenvalue weighted by Gasteiger charge is -2.05. The average Bonchev–Trinajstić information content (AvgIpc) is 2.61. The molecule has 0 amide bonds. The van der Waals surface area contributed by atoms with Gasteiger partial charge in [0.1, 0.15) is 6.61 Å². The smallest absolute Gasteiger partial charge is 0.306 e. The molecule has 1 aromatic heterocycles. The van der Waals surface area contributed by atoms with Gasteiger partial charge in [-0.3, -0.25) is 9.78 Å². The summed E-state index contributed by atoms with van der Waals surface area (Å²) in [5.41, 5.74) is 3.02. The van der Waals surface area contributed by atoms with E-state index in [0.29, 0.717) is 13.0 Å². The number of hydrogen-bond donors (Lipinski definition) is 0. The van der Waals surface area contributed by atoms with E-state index in [-0.39, 0.29) is 5.97 Å². The van der Waals surface area contributed by atoms with Gasteiger partial charge in [-0.15, -0.1) is 0 Å². The van der Waals surface area contributed by atoms with E-state index in [9.17, 15) is 4.79 Å². The molecule has 3 nitrogen and oxygen atoms in total. The molecule has 0 saturated carbocycles. The molecule has 0 bridgehead atoms. The third kappa shape index (κ3) is 4.39. The van der Waals surface area contributed by atoms with Gasteiger partial charge < -0.3 is 4.74 Å². The Labute approximate surface area is 135 Å². The standard InChI is InChI=1S/C20H19NO2/c22-20(23-15-16-7-2-1-3-8-16)12-6-10-18-14-13-17-9-4-5-11-19(17)21-18/h1-5,7-9,11,13-14H,6,10,12,15H2. The number of aryl methyl sites for hydroxylation is 1. The molecule has 0 radical (unpaired) electrons. The second kappa shape index (κ2) is 7.54. The fraction of sp³-hybridized carbons (Fsp3) is 0.200. The molecule has 116 valence electrons. The lowest BCUT2D eigenvalue weighted by Crippen LogP contribution is -2.05. The highest BCUT2D eigenvalue weighted by Crippen LogP contribution is 2.13. The molecule has 2 aromatic carbocycles. The van der Waals surface area contributed by atoms with Crippen molar-refractivity contribution in [3.05, 3.63) is 78.0 Å².